The molecule has 1 aromatic carbocycles. The number of aromatic nitrogens is 1. The smallest absolute Gasteiger partial charge is 0.126 e. The van der Waals surface area contributed by atoms with Gasteiger partial charge in [0.05, 0.1) is 5.69 Å². The molecular weight excluding hydrogens is 246 g/mol. The van der Waals surface area contributed by atoms with Crippen molar-refractivity contribution in [1.82, 2.24) is 4.98 Å². The number of halogens is 2. The number of rotatable bonds is 4. The van der Waals surface area contributed by atoms with E-state index in [-0.39, 0.29) is 0 Å². The van der Waals surface area contributed by atoms with Gasteiger partial charge in [0.2, 0.25) is 0 Å². The van der Waals surface area contributed by atoms with Crippen molar-refractivity contribution >= 4 is 5.82 Å². The first kappa shape index (κ1) is 12.1. The summed E-state index contributed by atoms with van der Waals surface area (Å²) in [6.07, 6.45) is 2.53. The van der Waals surface area contributed by atoms with E-state index in [4.69, 9.17) is 0 Å². The molecule has 3 rings (SSSR count). The van der Waals surface area contributed by atoms with Crippen molar-refractivity contribution in [1.29, 1.82) is 0 Å². The van der Waals surface area contributed by atoms with E-state index in [1.807, 2.05) is 12.1 Å². The van der Waals surface area contributed by atoms with Gasteiger partial charge in [-0.15, -0.1) is 0 Å². The highest BCUT2D eigenvalue weighted by atomic mass is 19.1. The number of benzene rings is 1. The summed E-state index contributed by atoms with van der Waals surface area (Å²) in [5.41, 5.74) is 1.02. The van der Waals surface area contributed by atoms with Gasteiger partial charge in [-0.05, 0) is 43.0 Å². The van der Waals surface area contributed by atoms with Gasteiger partial charge in [0, 0.05) is 18.2 Å². The van der Waals surface area contributed by atoms with E-state index >= 15 is 0 Å². The summed E-state index contributed by atoms with van der Waals surface area (Å²) in [7, 11) is 0. The van der Waals surface area contributed by atoms with Crippen molar-refractivity contribution in [3.8, 4) is 11.3 Å². The molecule has 0 spiro atoms. The van der Waals surface area contributed by atoms with Crippen LogP contribution in [0.5, 0.6) is 0 Å². The number of hydrogen-bond donors (Lipinski definition) is 1. The third-order valence-corrected chi connectivity index (χ3v) is 3.18. The minimum absolute atomic E-state index is 0.451. The first-order valence-electron chi connectivity index (χ1n) is 6.38. The van der Waals surface area contributed by atoms with Gasteiger partial charge in [-0.25, -0.2) is 13.8 Å². The highest BCUT2D eigenvalue weighted by Crippen LogP contribution is 2.29. The Morgan fingerprint density at radius 3 is 2.53 bits per heavy atom. The maximum atomic E-state index is 13.2. The molecule has 4 heteroatoms. The molecule has 2 nitrogen and oxygen atoms in total. The van der Waals surface area contributed by atoms with E-state index in [1.54, 1.807) is 6.07 Å². The molecular formula is C15H14F2N2. The average molecular weight is 260 g/mol. The molecule has 1 aliphatic carbocycles. The zero-order valence-electron chi connectivity index (χ0n) is 10.4. The van der Waals surface area contributed by atoms with E-state index < -0.39 is 11.6 Å². The Hall–Kier alpha value is -1.97. The lowest BCUT2D eigenvalue weighted by Gasteiger charge is -2.07. The summed E-state index contributed by atoms with van der Waals surface area (Å²) in [4.78, 5) is 4.38. The summed E-state index contributed by atoms with van der Waals surface area (Å²) in [6, 6.07) is 8.88. The Morgan fingerprint density at radius 1 is 1.11 bits per heavy atom. The highest BCUT2D eigenvalue weighted by Gasteiger charge is 2.20. The fourth-order valence-corrected chi connectivity index (χ4v) is 1.97. The van der Waals surface area contributed by atoms with Gasteiger partial charge in [0.1, 0.15) is 17.5 Å². The predicted molar refractivity (Wildman–Crippen MR) is 70.8 cm³/mol. The minimum Gasteiger partial charge on any atom is -0.370 e. The van der Waals surface area contributed by atoms with Gasteiger partial charge in [-0.2, -0.15) is 0 Å². The molecule has 0 unspecified atom stereocenters. The second-order valence-corrected chi connectivity index (χ2v) is 4.89. The summed E-state index contributed by atoms with van der Waals surface area (Å²) in [6.45, 7) is 0.911. The van der Waals surface area contributed by atoms with Crippen molar-refractivity contribution in [2.75, 3.05) is 11.9 Å². The van der Waals surface area contributed by atoms with Crippen LogP contribution in [-0.4, -0.2) is 11.5 Å². The maximum Gasteiger partial charge on any atom is 0.126 e. The molecule has 1 aliphatic rings. The zero-order chi connectivity index (χ0) is 13.2. The van der Waals surface area contributed by atoms with Crippen LogP contribution in [0.25, 0.3) is 11.3 Å². The zero-order valence-corrected chi connectivity index (χ0v) is 10.4. The molecule has 0 atom stereocenters. The molecule has 0 bridgehead atoms. The van der Waals surface area contributed by atoms with Crippen LogP contribution in [0.2, 0.25) is 0 Å². The summed E-state index contributed by atoms with van der Waals surface area (Å²) < 4.78 is 26.4. The second-order valence-electron chi connectivity index (χ2n) is 4.89. The van der Waals surface area contributed by atoms with E-state index in [9.17, 15) is 8.78 Å². The Balaban J connectivity index is 1.84. The molecule has 1 heterocycles. The third kappa shape index (κ3) is 3.08. The minimum atomic E-state index is -0.590. The molecule has 1 N–H and O–H groups in total. The second kappa shape index (κ2) is 4.96. The molecule has 1 fully saturated rings. The van der Waals surface area contributed by atoms with Gasteiger partial charge in [0.15, 0.2) is 0 Å². The highest BCUT2D eigenvalue weighted by molar-refractivity contribution is 5.61. The van der Waals surface area contributed by atoms with Crippen LogP contribution in [0.3, 0.4) is 0 Å². The Morgan fingerprint density at radius 2 is 1.84 bits per heavy atom. The van der Waals surface area contributed by atoms with Crippen molar-refractivity contribution in [3.05, 3.63) is 48.0 Å². The largest absolute Gasteiger partial charge is 0.370 e. The van der Waals surface area contributed by atoms with Crippen LogP contribution in [0, 0.1) is 17.6 Å². The van der Waals surface area contributed by atoms with Crippen molar-refractivity contribution in [2.24, 2.45) is 5.92 Å². The molecule has 1 saturated carbocycles. The van der Waals surface area contributed by atoms with Gasteiger partial charge < -0.3 is 5.32 Å². The lowest BCUT2D eigenvalue weighted by atomic mass is 10.1. The summed E-state index contributed by atoms with van der Waals surface area (Å²) >= 11 is 0. The molecule has 0 radical (unpaired) electrons. The molecule has 2 aromatic rings. The lowest BCUT2D eigenvalue weighted by molar-refractivity contribution is 0.584. The van der Waals surface area contributed by atoms with Crippen LogP contribution in [-0.2, 0) is 0 Å². The summed E-state index contributed by atoms with van der Waals surface area (Å²) in [5, 5.41) is 3.25. The lowest BCUT2D eigenvalue weighted by Crippen LogP contribution is -2.05. The molecule has 1 aromatic heterocycles. The number of hydrogen-bond acceptors (Lipinski definition) is 2. The Labute approximate surface area is 110 Å². The normalized spacial score (nSPS) is 14.4. The van der Waals surface area contributed by atoms with E-state index in [0.717, 1.165) is 24.3 Å². The topological polar surface area (TPSA) is 24.9 Å². The SMILES string of the molecule is Fc1cc(F)cc(-c2cccc(NCC3CC3)n2)c1. The summed E-state index contributed by atoms with van der Waals surface area (Å²) in [5.74, 6) is 0.312. The van der Waals surface area contributed by atoms with E-state index in [1.165, 1.54) is 25.0 Å². The van der Waals surface area contributed by atoms with Crippen LogP contribution < -0.4 is 5.32 Å². The third-order valence-electron chi connectivity index (χ3n) is 3.18. The van der Waals surface area contributed by atoms with Gasteiger partial charge in [-0.3, -0.25) is 0 Å². The average Bonchev–Trinajstić information content (AvgIpc) is 3.20. The Kier molecular flexibility index (Phi) is 3.15. The van der Waals surface area contributed by atoms with E-state index in [0.29, 0.717) is 11.3 Å². The number of nitrogens with one attached hydrogen (secondary N) is 1. The predicted octanol–water partition coefficient (Wildman–Crippen LogP) is 3.85. The fraction of sp³-hybridized carbons (Fsp3) is 0.267. The van der Waals surface area contributed by atoms with Crippen molar-refractivity contribution in [2.45, 2.75) is 12.8 Å². The monoisotopic (exact) mass is 260 g/mol. The molecule has 0 saturated heterocycles. The van der Waals surface area contributed by atoms with E-state index in [2.05, 4.69) is 10.3 Å². The number of pyridine rings is 1. The van der Waals surface area contributed by atoms with Gasteiger partial charge in [-0.1, -0.05) is 6.07 Å². The van der Waals surface area contributed by atoms with Gasteiger partial charge >= 0.3 is 0 Å². The molecule has 19 heavy (non-hydrogen) atoms. The van der Waals surface area contributed by atoms with Crippen LogP contribution in [0.4, 0.5) is 14.6 Å². The molecule has 0 aliphatic heterocycles. The standard InChI is InChI=1S/C15H14F2N2/c16-12-6-11(7-13(17)8-12)14-2-1-3-15(19-14)18-9-10-4-5-10/h1-3,6-8,10H,4-5,9H2,(H,18,19). The first-order chi connectivity index (χ1) is 9.20. The number of nitrogens with zero attached hydrogens (tertiary/aromatic N) is 1. The Bertz CT molecular complexity index is 574. The fourth-order valence-electron chi connectivity index (χ4n) is 1.97. The maximum absolute atomic E-state index is 13.2. The molecule has 0 amide bonds. The van der Waals surface area contributed by atoms with Crippen LogP contribution in [0.15, 0.2) is 36.4 Å². The quantitative estimate of drug-likeness (QED) is 0.903. The van der Waals surface area contributed by atoms with Crippen LogP contribution in [0.1, 0.15) is 12.8 Å². The molecule has 98 valence electrons. The van der Waals surface area contributed by atoms with Gasteiger partial charge in [0.25, 0.3) is 0 Å². The van der Waals surface area contributed by atoms with Crippen molar-refractivity contribution < 1.29 is 8.78 Å². The van der Waals surface area contributed by atoms with Crippen molar-refractivity contribution in [3.63, 3.8) is 0 Å². The van der Waals surface area contributed by atoms with Crippen LogP contribution >= 0.6 is 0 Å². The number of anilines is 1. The first-order valence-corrected chi connectivity index (χ1v) is 6.38.